The standard InChI is InChI=1S/C14H8F4N2O4/c1-14(2)23-12(21)6(13(22)24-14)4-20-11-9(17)7(15)5(3-19)8(16)10(11)18/h4,20H,1-2H3. The van der Waals surface area contributed by atoms with Gasteiger partial charge < -0.3 is 14.8 Å². The van der Waals surface area contributed by atoms with Crippen molar-refractivity contribution in [3.05, 3.63) is 40.6 Å². The number of hydrogen-bond donors (Lipinski definition) is 1. The molecule has 0 radical (unpaired) electrons. The van der Waals surface area contributed by atoms with E-state index in [4.69, 9.17) is 14.7 Å². The van der Waals surface area contributed by atoms with Gasteiger partial charge in [0, 0.05) is 20.0 Å². The van der Waals surface area contributed by atoms with Crippen LogP contribution in [-0.2, 0) is 19.1 Å². The maximum atomic E-state index is 13.7. The number of carbonyl (C=O) groups is 2. The number of rotatable bonds is 2. The van der Waals surface area contributed by atoms with Crippen molar-refractivity contribution >= 4 is 17.6 Å². The Morgan fingerprint density at radius 2 is 1.46 bits per heavy atom. The predicted octanol–water partition coefficient (Wildman–Crippen LogP) is 2.25. The highest BCUT2D eigenvalue weighted by atomic mass is 19.2. The van der Waals surface area contributed by atoms with Crippen LogP contribution in [0.3, 0.4) is 0 Å². The minimum absolute atomic E-state index is 0.478. The minimum atomic E-state index is -1.92. The minimum Gasteiger partial charge on any atom is -0.419 e. The smallest absolute Gasteiger partial charge is 0.350 e. The Labute approximate surface area is 132 Å². The molecule has 1 aromatic carbocycles. The Kier molecular flexibility index (Phi) is 4.20. The molecule has 0 spiro atoms. The lowest BCUT2D eigenvalue weighted by molar-refractivity contribution is -0.222. The molecule has 0 amide bonds. The first-order valence-electron chi connectivity index (χ1n) is 6.28. The van der Waals surface area contributed by atoms with Crippen LogP contribution in [0.25, 0.3) is 0 Å². The summed E-state index contributed by atoms with van der Waals surface area (Å²) < 4.78 is 63.8. The third-order valence-corrected chi connectivity index (χ3v) is 2.85. The number of esters is 2. The molecule has 0 unspecified atom stereocenters. The average molecular weight is 344 g/mol. The normalized spacial score (nSPS) is 16.1. The van der Waals surface area contributed by atoms with Crippen LogP contribution in [0.4, 0.5) is 23.2 Å². The van der Waals surface area contributed by atoms with E-state index in [1.807, 2.05) is 0 Å². The molecule has 6 nitrogen and oxygen atoms in total. The highest BCUT2D eigenvalue weighted by Gasteiger charge is 2.39. The summed E-state index contributed by atoms with van der Waals surface area (Å²) in [5.41, 5.74) is -3.55. The van der Waals surface area contributed by atoms with Crippen molar-refractivity contribution in [1.29, 1.82) is 5.26 Å². The van der Waals surface area contributed by atoms with E-state index in [0.717, 1.165) is 6.07 Å². The van der Waals surface area contributed by atoms with Gasteiger partial charge in [0.2, 0.25) is 0 Å². The predicted molar refractivity (Wildman–Crippen MR) is 69.0 cm³/mol. The number of carbonyl (C=O) groups excluding carboxylic acids is 2. The summed E-state index contributed by atoms with van der Waals surface area (Å²) in [5, 5.41) is 10.2. The molecule has 0 aliphatic carbocycles. The van der Waals surface area contributed by atoms with Gasteiger partial charge in [-0.15, -0.1) is 0 Å². The summed E-state index contributed by atoms with van der Waals surface area (Å²) >= 11 is 0. The van der Waals surface area contributed by atoms with Crippen LogP contribution in [0.2, 0.25) is 0 Å². The van der Waals surface area contributed by atoms with E-state index >= 15 is 0 Å². The molecule has 2 rings (SSSR count). The summed E-state index contributed by atoms with van der Waals surface area (Å²) in [5.74, 6) is -11.5. The maximum absolute atomic E-state index is 13.7. The Balaban J connectivity index is 2.42. The van der Waals surface area contributed by atoms with Crippen LogP contribution in [0.5, 0.6) is 0 Å². The van der Waals surface area contributed by atoms with Gasteiger partial charge in [-0.1, -0.05) is 0 Å². The van der Waals surface area contributed by atoms with Gasteiger partial charge in [-0.3, -0.25) is 0 Å². The van der Waals surface area contributed by atoms with Crippen molar-refractivity contribution in [2.45, 2.75) is 19.6 Å². The second kappa shape index (κ2) is 5.84. The van der Waals surface area contributed by atoms with E-state index in [1.54, 1.807) is 5.32 Å². The Morgan fingerprint density at radius 3 is 1.88 bits per heavy atom. The number of ether oxygens (including phenoxy) is 2. The van der Waals surface area contributed by atoms with Gasteiger partial charge >= 0.3 is 11.9 Å². The molecule has 1 heterocycles. The largest absolute Gasteiger partial charge is 0.419 e. The zero-order chi connectivity index (χ0) is 18.2. The van der Waals surface area contributed by atoms with E-state index in [2.05, 4.69) is 0 Å². The van der Waals surface area contributed by atoms with Crippen LogP contribution in [0, 0.1) is 34.6 Å². The van der Waals surface area contributed by atoms with Gasteiger partial charge in [0.15, 0.2) is 28.8 Å². The number of nitrogens with zero attached hydrogens (tertiary/aromatic N) is 1. The second-order valence-electron chi connectivity index (χ2n) is 5.00. The Morgan fingerprint density at radius 1 is 1.00 bits per heavy atom. The molecule has 0 atom stereocenters. The quantitative estimate of drug-likeness (QED) is 0.291. The molecule has 1 N–H and O–H groups in total. The molecule has 0 saturated carbocycles. The third-order valence-electron chi connectivity index (χ3n) is 2.85. The third kappa shape index (κ3) is 2.88. The lowest BCUT2D eigenvalue weighted by Crippen LogP contribution is -2.42. The number of benzene rings is 1. The van der Waals surface area contributed by atoms with E-state index in [-0.39, 0.29) is 0 Å². The first-order chi connectivity index (χ1) is 11.1. The zero-order valence-electron chi connectivity index (χ0n) is 12.2. The van der Waals surface area contributed by atoms with Crippen molar-refractivity contribution in [2.75, 3.05) is 5.32 Å². The molecule has 1 aromatic rings. The molecular formula is C14H8F4N2O4. The molecule has 1 aliphatic heterocycles. The van der Waals surface area contributed by atoms with Crippen molar-refractivity contribution in [3.8, 4) is 6.07 Å². The first kappa shape index (κ1) is 17.3. The lowest BCUT2D eigenvalue weighted by Gasteiger charge is -2.29. The fourth-order valence-corrected chi connectivity index (χ4v) is 1.78. The van der Waals surface area contributed by atoms with E-state index in [0.29, 0.717) is 6.20 Å². The van der Waals surface area contributed by atoms with Gasteiger partial charge in [0.25, 0.3) is 5.79 Å². The lowest BCUT2D eigenvalue weighted by atomic mass is 10.1. The zero-order valence-corrected chi connectivity index (χ0v) is 12.2. The van der Waals surface area contributed by atoms with Crippen LogP contribution in [0.1, 0.15) is 19.4 Å². The number of cyclic esters (lactones) is 2. The molecule has 1 fully saturated rings. The Hall–Kier alpha value is -3.09. The van der Waals surface area contributed by atoms with E-state index in [9.17, 15) is 27.2 Å². The van der Waals surface area contributed by atoms with Gasteiger partial charge in [-0.05, 0) is 0 Å². The summed E-state index contributed by atoms with van der Waals surface area (Å²) in [7, 11) is 0. The van der Waals surface area contributed by atoms with Crippen LogP contribution in [-0.4, -0.2) is 17.7 Å². The molecule has 1 aliphatic rings. The molecule has 0 bridgehead atoms. The van der Waals surface area contributed by atoms with Crippen LogP contribution < -0.4 is 5.32 Å². The molecular weight excluding hydrogens is 336 g/mol. The first-order valence-corrected chi connectivity index (χ1v) is 6.28. The van der Waals surface area contributed by atoms with Crippen molar-refractivity contribution in [1.82, 2.24) is 0 Å². The summed E-state index contributed by atoms with van der Waals surface area (Å²) in [6.07, 6.45) is 0.478. The molecule has 24 heavy (non-hydrogen) atoms. The number of nitriles is 1. The number of nitrogens with one attached hydrogen (secondary N) is 1. The topological polar surface area (TPSA) is 88.4 Å². The van der Waals surface area contributed by atoms with Crippen molar-refractivity contribution in [2.24, 2.45) is 0 Å². The second-order valence-corrected chi connectivity index (χ2v) is 5.00. The molecule has 126 valence electrons. The summed E-state index contributed by atoms with van der Waals surface area (Å²) in [4.78, 5) is 23.3. The van der Waals surface area contributed by atoms with Crippen molar-refractivity contribution in [3.63, 3.8) is 0 Å². The number of hydrogen-bond acceptors (Lipinski definition) is 6. The summed E-state index contributed by atoms with van der Waals surface area (Å²) in [6, 6.07) is 0.980. The Bertz CT molecular complexity index is 776. The average Bonchev–Trinajstić information content (AvgIpc) is 2.47. The van der Waals surface area contributed by atoms with Crippen LogP contribution >= 0.6 is 0 Å². The maximum Gasteiger partial charge on any atom is 0.350 e. The highest BCUT2D eigenvalue weighted by molar-refractivity contribution is 6.15. The van der Waals surface area contributed by atoms with Crippen LogP contribution in [0.15, 0.2) is 11.8 Å². The molecule has 10 heteroatoms. The number of anilines is 1. The van der Waals surface area contributed by atoms with Crippen molar-refractivity contribution < 1.29 is 36.6 Å². The van der Waals surface area contributed by atoms with Gasteiger partial charge in [-0.2, -0.15) is 5.26 Å². The summed E-state index contributed by atoms with van der Waals surface area (Å²) in [6.45, 7) is 2.55. The van der Waals surface area contributed by atoms with Gasteiger partial charge in [0.05, 0.1) is 0 Å². The molecule has 0 aromatic heterocycles. The van der Waals surface area contributed by atoms with Gasteiger partial charge in [-0.25, -0.2) is 27.2 Å². The van der Waals surface area contributed by atoms with E-state index < -0.39 is 57.8 Å². The monoisotopic (exact) mass is 344 g/mol. The fraction of sp³-hybridized carbons (Fsp3) is 0.214. The molecule has 1 saturated heterocycles. The fourth-order valence-electron chi connectivity index (χ4n) is 1.78. The van der Waals surface area contributed by atoms with Gasteiger partial charge in [0.1, 0.15) is 17.3 Å². The number of halogens is 4. The van der Waals surface area contributed by atoms with E-state index in [1.165, 1.54) is 13.8 Å². The SMILES string of the molecule is CC1(C)OC(=O)C(=CNc2c(F)c(F)c(C#N)c(F)c2F)C(=O)O1. The highest BCUT2D eigenvalue weighted by Crippen LogP contribution is 2.28.